The molecule has 5 nitrogen and oxygen atoms in total. The first-order valence-electron chi connectivity index (χ1n) is 11.1. The van der Waals surface area contributed by atoms with Crippen molar-refractivity contribution in [3.8, 4) is 0 Å². The number of ether oxygens (including phenoxy) is 3. The van der Waals surface area contributed by atoms with Crippen LogP contribution in [-0.4, -0.2) is 38.5 Å². The SMILES string of the molecule is COC(=O)C1=C(OC(C)=O)C[C@@]2([Si](C)(c3ccccc3)c3ccccc3)O[C@H]1CC[C@@H]2C. The van der Waals surface area contributed by atoms with Crippen molar-refractivity contribution in [3.05, 3.63) is 72.0 Å². The minimum atomic E-state index is -2.57. The van der Waals surface area contributed by atoms with Crippen LogP contribution in [0.25, 0.3) is 0 Å². The molecule has 3 atom stereocenters. The highest BCUT2D eigenvalue weighted by Gasteiger charge is 2.62. The Kier molecular flexibility index (Phi) is 6.10. The number of fused-ring (bicyclic) bond motifs is 2. The van der Waals surface area contributed by atoms with Gasteiger partial charge in [-0.15, -0.1) is 0 Å². The Labute approximate surface area is 190 Å². The van der Waals surface area contributed by atoms with E-state index in [4.69, 9.17) is 14.2 Å². The Morgan fingerprint density at radius 3 is 2.06 bits per heavy atom. The van der Waals surface area contributed by atoms with E-state index in [1.807, 2.05) is 12.1 Å². The van der Waals surface area contributed by atoms with Crippen molar-refractivity contribution in [2.75, 3.05) is 7.11 Å². The van der Waals surface area contributed by atoms with Crippen molar-refractivity contribution < 1.29 is 23.8 Å². The Morgan fingerprint density at radius 1 is 1.00 bits per heavy atom. The van der Waals surface area contributed by atoms with Crippen LogP contribution in [0, 0.1) is 5.92 Å². The fraction of sp³-hybridized carbons (Fsp3) is 0.385. The van der Waals surface area contributed by atoms with Gasteiger partial charge in [0.1, 0.15) is 11.3 Å². The third-order valence-electron chi connectivity index (χ3n) is 7.28. The Hall–Kier alpha value is -2.70. The van der Waals surface area contributed by atoms with E-state index in [1.165, 1.54) is 24.4 Å². The summed E-state index contributed by atoms with van der Waals surface area (Å²) in [5, 5.41) is 1.92. The van der Waals surface area contributed by atoms with Gasteiger partial charge in [-0.25, -0.2) is 4.79 Å². The Bertz CT molecular complexity index is 993. The molecule has 168 valence electrons. The number of benzene rings is 2. The van der Waals surface area contributed by atoms with Gasteiger partial charge < -0.3 is 14.2 Å². The van der Waals surface area contributed by atoms with Crippen LogP contribution < -0.4 is 10.4 Å². The number of carbonyl (C=O) groups is 2. The molecule has 2 aliphatic heterocycles. The molecule has 0 spiro atoms. The second kappa shape index (κ2) is 8.68. The monoisotopic (exact) mass is 450 g/mol. The van der Waals surface area contributed by atoms with Crippen LogP contribution in [0.3, 0.4) is 0 Å². The van der Waals surface area contributed by atoms with Crippen molar-refractivity contribution in [2.24, 2.45) is 5.92 Å². The number of hydrogen-bond donors (Lipinski definition) is 0. The zero-order valence-corrected chi connectivity index (χ0v) is 20.1. The van der Waals surface area contributed by atoms with Crippen LogP contribution in [0.15, 0.2) is 72.0 Å². The second-order valence-electron chi connectivity index (χ2n) is 8.93. The summed E-state index contributed by atoms with van der Waals surface area (Å²) in [5.74, 6) is -0.317. The highest BCUT2D eigenvalue weighted by molar-refractivity contribution is 7.03. The van der Waals surface area contributed by atoms with Gasteiger partial charge in [0.2, 0.25) is 0 Å². The fourth-order valence-electron chi connectivity index (χ4n) is 5.60. The molecule has 0 aliphatic carbocycles. The topological polar surface area (TPSA) is 61.8 Å². The standard InChI is InChI=1S/C26H30O5Si/c1-18-15-16-22-24(25(28)29-3)23(30-19(2)27)17-26(18,31-22)32(4,20-11-7-5-8-12-20)21-13-9-6-10-14-21/h5-14,18,22H,15-17H2,1-4H3/t18-,22-,26-/m0/s1. The van der Waals surface area contributed by atoms with Crippen molar-refractivity contribution in [2.45, 2.75) is 51.0 Å². The summed E-state index contributed by atoms with van der Waals surface area (Å²) in [7, 11) is -1.22. The summed E-state index contributed by atoms with van der Waals surface area (Å²) in [4.78, 5) is 24.7. The molecule has 32 heavy (non-hydrogen) atoms. The van der Waals surface area contributed by atoms with Crippen LogP contribution in [0.4, 0.5) is 0 Å². The summed E-state index contributed by atoms with van der Waals surface area (Å²) in [6.07, 6.45) is 1.51. The zero-order valence-electron chi connectivity index (χ0n) is 19.1. The lowest BCUT2D eigenvalue weighted by molar-refractivity contribution is -0.152. The maximum Gasteiger partial charge on any atom is 0.339 e. The normalized spacial score (nSPS) is 25.2. The van der Waals surface area contributed by atoms with Crippen molar-refractivity contribution >= 4 is 30.4 Å². The molecule has 0 saturated carbocycles. The smallest absolute Gasteiger partial charge is 0.339 e. The van der Waals surface area contributed by atoms with Gasteiger partial charge in [-0.1, -0.05) is 84.5 Å². The van der Waals surface area contributed by atoms with Crippen LogP contribution in [0.5, 0.6) is 0 Å². The molecule has 2 aromatic rings. The lowest BCUT2D eigenvalue weighted by atomic mass is 9.83. The van der Waals surface area contributed by atoms with Gasteiger partial charge in [-0.05, 0) is 18.8 Å². The number of esters is 2. The van der Waals surface area contributed by atoms with E-state index in [-0.39, 0.29) is 5.92 Å². The summed E-state index contributed by atoms with van der Waals surface area (Å²) < 4.78 is 17.7. The fourth-order valence-corrected chi connectivity index (χ4v) is 10.7. The minimum Gasteiger partial charge on any atom is -0.465 e. The summed E-state index contributed by atoms with van der Waals surface area (Å²) in [6.45, 7) is 5.93. The van der Waals surface area contributed by atoms with Gasteiger partial charge >= 0.3 is 11.9 Å². The first-order valence-corrected chi connectivity index (χ1v) is 13.6. The number of rotatable bonds is 5. The van der Waals surface area contributed by atoms with Gasteiger partial charge in [0.05, 0.1) is 18.4 Å². The van der Waals surface area contributed by atoms with Gasteiger partial charge in [0.15, 0.2) is 8.07 Å². The Morgan fingerprint density at radius 2 is 1.56 bits per heavy atom. The van der Waals surface area contributed by atoms with Crippen LogP contribution >= 0.6 is 0 Å². The van der Waals surface area contributed by atoms with Gasteiger partial charge in [0, 0.05) is 13.3 Å². The van der Waals surface area contributed by atoms with Crippen molar-refractivity contribution in [1.82, 2.24) is 0 Å². The largest absolute Gasteiger partial charge is 0.465 e. The summed E-state index contributed by atoms with van der Waals surface area (Å²) in [6, 6.07) is 21.0. The maximum atomic E-state index is 12.7. The van der Waals surface area contributed by atoms with Crippen molar-refractivity contribution in [3.63, 3.8) is 0 Å². The molecule has 2 heterocycles. The van der Waals surface area contributed by atoms with Gasteiger partial charge in [-0.3, -0.25) is 4.79 Å². The third kappa shape index (κ3) is 3.51. The average Bonchev–Trinajstić information content (AvgIpc) is 2.81. The quantitative estimate of drug-likeness (QED) is 0.516. The predicted molar refractivity (Wildman–Crippen MR) is 125 cm³/mol. The van der Waals surface area contributed by atoms with E-state index < -0.39 is 31.3 Å². The number of hydrogen-bond acceptors (Lipinski definition) is 5. The zero-order chi connectivity index (χ0) is 22.9. The lowest BCUT2D eigenvalue weighted by Gasteiger charge is -2.57. The molecule has 2 bridgehead atoms. The molecule has 0 aromatic heterocycles. The molecular formula is C26H30O5Si. The van der Waals surface area contributed by atoms with Crippen molar-refractivity contribution in [1.29, 1.82) is 0 Å². The predicted octanol–water partition coefficient (Wildman–Crippen LogP) is 3.37. The first-order chi connectivity index (χ1) is 15.3. The molecule has 6 heteroatoms. The molecule has 0 radical (unpaired) electrons. The van der Waals surface area contributed by atoms with E-state index in [1.54, 1.807) is 0 Å². The van der Waals surface area contributed by atoms with Gasteiger partial charge in [0.25, 0.3) is 0 Å². The van der Waals surface area contributed by atoms with Crippen LogP contribution in [0.2, 0.25) is 6.55 Å². The molecule has 0 amide bonds. The lowest BCUT2D eigenvalue weighted by Crippen LogP contribution is -2.77. The first kappa shape index (κ1) is 22.5. The second-order valence-corrected chi connectivity index (χ2v) is 13.2. The number of methoxy groups -OCH3 is 1. The highest BCUT2D eigenvalue weighted by atomic mass is 28.3. The highest BCUT2D eigenvalue weighted by Crippen LogP contribution is 2.50. The van der Waals surface area contributed by atoms with Gasteiger partial charge in [-0.2, -0.15) is 0 Å². The molecule has 1 saturated heterocycles. The molecule has 1 fully saturated rings. The van der Waals surface area contributed by atoms with E-state index >= 15 is 0 Å². The van der Waals surface area contributed by atoms with E-state index in [2.05, 4.69) is 62.0 Å². The molecule has 4 rings (SSSR count). The van der Waals surface area contributed by atoms with Crippen LogP contribution in [-0.2, 0) is 23.8 Å². The maximum absolute atomic E-state index is 12.7. The van der Waals surface area contributed by atoms with E-state index in [0.29, 0.717) is 24.2 Å². The average molecular weight is 451 g/mol. The molecule has 2 aromatic carbocycles. The van der Waals surface area contributed by atoms with E-state index in [0.717, 1.165) is 6.42 Å². The van der Waals surface area contributed by atoms with E-state index in [9.17, 15) is 9.59 Å². The molecular weight excluding hydrogens is 420 g/mol. The third-order valence-corrected chi connectivity index (χ3v) is 12.7. The molecule has 2 aliphatic rings. The molecule has 0 unspecified atom stereocenters. The van der Waals surface area contributed by atoms with Crippen LogP contribution in [0.1, 0.15) is 33.1 Å². The minimum absolute atomic E-state index is 0.209. The molecule has 0 N–H and O–H groups in total. The summed E-state index contributed by atoms with van der Waals surface area (Å²) in [5.41, 5.74) is 0.350. The summed E-state index contributed by atoms with van der Waals surface area (Å²) >= 11 is 0. The Balaban J connectivity index is 1.97. The number of carbonyl (C=O) groups excluding carboxylic acids is 2.